The van der Waals surface area contributed by atoms with Crippen LogP contribution in [0.15, 0.2) is 36.4 Å². The molecule has 2 aromatic rings. The van der Waals surface area contributed by atoms with Crippen molar-refractivity contribution in [3.05, 3.63) is 42.0 Å². The Morgan fingerprint density at radius 3 is 2.08 bits per heavy atom. The molecule has 0 fully saturated rings. The first kappa shape index (κ1) is 29.6. The molecular formula is C28H39F3N2O3. The van der Waals surface area contributed by atoms with Crippen molar-refractivity contribution in [1.29, 1.82) is 0 Å². The van der Waals surface area contributed by atoms with Gasteiger partial charge in [-0.2, -0.15) is 13.2 Å². The number of unbranched alkanes of at least 4 members (excludes halogenated alkanes) is 8. The molecule has 0 radical (unpaired) electrons. The summed E-state index contributed by atoms with van der Waals surface area (Å²) >= 11 is 0. The van der Waals surface area contributed by atoms with Crippen LogP contribution in [0.1, 0.15) is 90.0 Å². The summed E-state index contributed by atoms with van der Waals surface area (Å²) in [4.78, 5) is 11.7. The second-order valence-corrected chi connectivity index (χ2v) is 9.11. The molecule has 0 aliphatic heterocycles. The minimum Gasteiger partial charge on any atom is -0.472 e. The van der Waals surface area contributed by atoms with Gasteiger partial charge in [0, 0.05) is 18.1 Å². The molecule has 0 spiro atoms. The molecule has 1 unspecified atom stereocenters. The number of esters is 1. The first-order valence-corrected chi connectivity index (χ1v) is 13.2. The molecule has 0 saturated heterocycles. The Kier molecular flexibility index (Phi) is 13.3. The minimum atomic E-state index is -4.73. The van der Waals surface area contributed by atoms with E-state index in [0.717, 1.165) is 24.8 Å². The van der Waals surface area contributed by atoms with E-state index in [-0.39, 0.29) is 12.3 Å². The number of hydrogen-bond donors (Lipinski definition) is 0. The highest BCUT2D eigenvalue weighted by Gasteiger charge is 2.43. The van der Waals surface area contributed by atoms with E-state index in [4.69, 9.17) is 4.74 Å². The Labute approximate surface area is 212 Å². The molecule has 1 aromatic carbocycles. The number of alkyl halides is 3. The Balaban J connectivity index is 1.82. The summed E-state index contributed by atoms with van der Waals surface area (Å²) in [5.41, 5.74) is 2.73. The van der Waals surface area contributed by atoms with Gasteiger partial charge in [0.1, 0.15) is 6.61 Å². The van der Waals surface area contributed by atoms with Crippen LogP contribution in [0.3, 0.4) is 0 Å². The molecule has 0 aliphatic carbocycles. The van der Waals surface area contributed by atoms with Crippen molar-refractivity contribution < 1.29 is 27.4 Å². The van der Waals surface area contributed by atoms with Gasteiger partial charge in [0.15, 0.2) is 0 Å². The summed E-state index contributed by atoms with van der Waals surface area (Å²) < 4.78 is 49.5. The predicted molar refractivity (Wildman–Crippen MR) is 135 cm³/mol. The largest absolute Gasteiger partial charge is 0.472 e. The summed E-state index contributed by atoms with van der Waals surface area (Å²) in [7, 11) is 0. The summed E-state index contributed by atoms with van der Waals surface area (Å²) in [5, 5.41) is 7.96. The van der Waals surface area contributed by atoms with Crippen LogP contribution in [-0.2, 0) is 16.0 Å². The van der Waals surface area contributed by atoms with Crippen LogP contribution in [-0.4, -0.2) is 35.1 Å². The second-order valence-electron chi connectivity index (χ2n) is 9.11. The van der Waals surface area contributed by atoms with Crippen molar-refractivity contribution in [1.82, 2.24) is 10.2 Å². The van der Waals surface area contributed by atoms with Gasteiger partial charge in [-0.25, -0.2) is 0 Å². The standard InChI is InChI=1S/C28H39F3N2O3/c1-3-5-7-8-9-10-12-13-22-15-17-23(18-16-22)24-19-20-26(33-32-24)35-21-25(28(29,30)31)36-27(34)14-11-6-4-2/h15-20,25H,3-14,21H2,1-2H3. The predicted octanol–water partition coefficient (Wildman–Crippen LogP) is 7.87. The van der Waals surface area contributed by atoms with Gasteiger partial charge in [-0.05, 0) is 30.9 Å². The van der Waals surface area contributed by atoms with E-state index in [1.54, 1.807) is 6.07 Å². The van der Waals surface area contributed by atoms with Gasteiger partial charge in [0.2, 0.25) is 12.0 Å². The number of carbonyl (C=O) groups is 1. The monoisotopic (exact) mass is 508 g/mol. The van der Waals surface area contributed by atoms with E-state index in [1.165, 1.54) is 56.6 Å². The minimum absolute atomic E-state index is 0.0488. The molecule has 0 saturated carbocycles. The van der Waals surface area contributed by atoms with Crippen molar-refractivity contribution >= 4 is 5.97 Å². The van der Waals surface area contributed by atoms with Crippen molar-refractivity contribution in [2.24, 2.45) is 0 Å². The fraction of sp³-hybridized carbons (Fsp3) is 0.607. The zero-order valence-electron chi connectivity index (χ0n) is 21.5. The van der Waals surface area contributed by atoms with E-state index in [2.05, 4.69) is 34.0 Å². The Bertz CT molecular complexity index is 871. The lowest BCUT2D eigenvalue weighted by atomic mass is 10.0. The lowest BCUT2D eigenvalue weighted by Crippen LogP contribution is -2.38. The first-order valence-electron chi connectivity index (χ1n) is 13.2. The fourth-order valence-corrected chi connectivity index (χ4v) is 3.77. The molecule has 0 bridgehead atoms. The topological polar surface area (TPSA) is 61.3 Å². The number of ether oxygens (including phenoxy) is 2. The molecule has 8 heteroatoms. The molecule has 2 rings (SSSR count). The smallest absolute Gasteiger partial charge is 0.428 e. The summed E-state index contributed by atoms with van der Waals surface area (Å²) in [6, 6.07) is 11.2. The SMILES string of the molecule is CCCCCCCCCc1ccc(-c2ccc(OCC(OC(=O)CCCCC)C(F)(F)F)nn2)cc1. The molecule has 1 atom stereocenters. The molecule has 200 valence electrons. The number of aryl methyl sites for hydroxylation is 1. The van der Waals surface area contributed by atoms with Gasteiger partial charge in [-0.1, -0.05) is 89.5 Å². The van der Waals surface area contributed by atoms with Crippen molar-refractivity contribution in [2.45, 2.75) is 103 Å². The van der Waals surface area contributed by atoms with Gasteiger partial charge in [0.05, 0.1) is 5.69 Å². The lowest BCUT2D eigenvalue weighted by Gasteiger charge is -2.20. The van der Waals surface area contributed by atoms with Gasteiger partial charge >= 0.3 is 12.1 Å². The normalized spacial score (nSPS) is 12.4. The maximum absolute atomic E-state index is 13.3. The third kappa shape index (κ3) is 11.4. The van der Waals surface area contributed by atoms with Crippen LogP contribution >= 0.6 is 0 Å². The van der Waals surface area contributed by atoms with Gasteiger partial charge in [0.25, 0.3) is 0 Å². The number of hydrogen-bond acceptors (Lipinski definition) is 5. The van der Waals surface area contributed by atoms with Gasteiger partial charge in [-0.15, -0.1) is 10.2 Å². The highest BCUT2D eigenvalue weighted by molar-refractivity contribution is 5.69. The highest BCUT2D eigenvalue weighted by atomic mass is 19.4. The molecule has 36 heavy (non-hydrogen) atoms. The Morgan fingerprint density at radius 2 is 1.47 bits per heavy atom. The molecule has 0 N–H and O–H groups in total. The van der Waals surface area contributed by atoms with E-state index in [9.17, 15) is 18.0 Å². The molecule has 0 amide bonds. The van der Waals surface area contributed by atoms with Gasteiger partial charge in [-0.3, -0.25) is 4.79 Å². The Hall–Kier alpha value is -2.64. The number of benzene rings is 1. The number of halogens is 3. The second kappa shape index (κ2) is 16.2. The van der Waals surface area contributed by atoms with Crippen molar-refractivity contribution in [3.8, 4) is 17.1 Å². The van der Waals surface area contributed by atoms with Crippen molar-refractivity contribution in [3.63, 3.8) is 0 Å². The maximum Gasteiger partial charge on any atom is 0.428 e. The van der Waals surface area contributed by atoms with Crippen LogP contribution in [0.4, 0.5) is 13.2 Å². The number of carbonyl (C=O) groups excluding carboxylic acids is 1. The number of aromatic nitrogens is 2. The third-order valence-electron chi connectivity index (χ3n) is 5.96. The number of nitrogens with zero attached hydrogens (tertiary/aromatic N) is 2. The van der Waals surface area contributed by atoms with Crippen LogP contribution in [0.5, 0.6) is 5.88 Å². The number of rotatable bonds is 17. The van der Waals surface area contributed by atoms with Crippen LogP contribution in [0, 0.1) is 0 Å². The van der Waals surface area contributed by atoms with Crippen LogP contribution in [0.2, 0.25) is 0 Å². The molecular weight excluding hydrogens is 469 g/mol. The van der Waals surface area contributed by atoms with E-state index < -0.39 is 24.9 Å². The zero-order chi connectivity index (χ0) is 26.2. The molecule has 0 aliphatic rings. The van der Waals surface area contributed by atoms with E-state index in [0.29, 0.717) is 12.1 Å². The highest BCUT2D eigenvalue weighted by Crippen LogP contribution is 2.25. The summed E-state index contributed by atoms with van der Waals surface area (Å²) in [6.45, 7) is 3.29. The fourth-order valence-electron chi connectivity index (χ4n) is 3.77. The average Bonchev–Trinajstić information content (AvgIpc) is 2.86. The van der Waals surface area contributed by atoms with Crippen LogP contribution in [0.25, 0.3) is 11.3 Å². The maximum atomic E-state index is 13.3. The quantitative estimate of drug-likeness (QED) is 0.161. The first-order chi connectivity index (χ1) is 17.3. The Morgan fingerprint density at radius 1 is 0.833 bits per heavy atom. The zero-order valence-corrected chi connectivity index (χ0v) is 21.5. The third-order valence-corrected chi connectivity index (χ3v) is 5.96. The van der Waals surface area contributed by atoms with E-state index >= 15 is 0 Å². The average molecular weight is 509 g/mol. The van der Waals surface area contributed by atoms with Crippen LogP contribution < -0.4 is 4.74 Å². The summed E-state index contributed by atoms with van der Waals surface area (Å²) in [5.74, 6) is -0.947. The lowest BCUT2D eigenvalue weighted by molar-refractivity contribution is -0.227. The molecule has 5 nitrogen and oxygen atoms in total. The summed E-state index contributed by atoms with van der Waals surface area (Å²) in [6.07, 6.45) is 4.93. The van der Waals surface area contributed by atoms with E-state index in [1.807, 2.05) is 19.1 Å². The molecule has 1 heterocycles. The molecule has 1 aromatic heterocycles. The van der Waals surface area contributed by atoms with Crippen molar-refractivity contribution in [2.75, 3.05) is 6.61 Å². The van der Waals surface area contributed by atoms with Gasteiger partial charge < -0.3 is 9.47 Å².